The molecule has 1 N–H and O–H groups in total. The number of fused-ring (bicyclic) bond motifs is 1. The van der Waals surface area contributed by atoms with Crippen LogP contribution in [0.1, 0.15) is 17.2 Å². The first kappa shape index (κ1) is 14.2. The van der Waals surface area contributed by atoms with Gasteiger partial charge in [-0.2, -0.15) is 0 Å². The molecule has 0 aliphatic heterocycles. The van der Waals surface area contributed by atoms with E-state index in [0.29, 0.717) is 0 Å². The first-order valence-corrected chi connectivity index (χ1v) is 8.55. The molecule has 5 heteroatoms. The molecular formula is C15H12Br2N2S. The third kappa shape index (κ3) is 2.55. The van der Waals surface area contributed by atoms with Crippen LogP contribution in [-0.4, -0.2) is 12.0 Å². The zero-order chi connectivity index (χ0) is 14.1. The predicted molar refractivity (Wildman–Crippen MR) is 92.4 cm³/mol. The van der Waals surface area contributed by atoms with Gasteiger partial charge in [-0.05, 0) is 61.5 Å². The van der Waals surface area contributed by atoms with Gasteiger partial charge in [-0.25, -0.2) is 0 Å². The summed E-state index contributed by atoms with van der Waals surface area (Å²) in [5.41, 5.74) is 2.42. The Morgan fingerprint density at radius 2 is 1.95 bits per heavy atom. The van der Waals surface area contributed by atoms with Crippen LogP contribution >= 0.6 is 43.2 Å². The van der Waals surface area contributed by atoms with Gasteiger partial charge in [0.05, 0.1) is 13.6 Å². The Hall–Kier alpha value is -0.750. The topological polar surface area (TPSA) is 24.9 Å². The van der Waals surface area contributed by atoms with E-state index in [1.807, 2.05) is 25.5 Å². The van der Waals surface area contributed by atoms with Gasteiger partial charge in [-0.1, -0.05) is 24.3 Å². The third-order valence-corrected chi connectivity index (χ3v) is 5.68. The second-order valence-electron chi connectivity index (χ2n) is 4.45. The minimum atomic E-state index is 0.116. The Morgan fingerprint density at radius 1 is 1.15 bits per heavy atom. The number of nitrogens with zero attached hydrogens (tertiary/aromatic N) is 1. The van der Waals surface area contributed by atoms with Crippen LogP contribution in [-0.2, 0) is 0 Å². The molecule has 20 heavy (non-hydrogen) atoms. The standard InChI is InChI=1S/C15H12Br2N2S/c1-18-14(11-6-13(16)20-15(11)17)12-8-19-7-9-4-2-3-5-10(9)12/h2-8,14,18H,1H3. The fourth-order valence-electron chi connectivity index (χ4n) is 2.40. The number of hydrogen-bond acceptors (Lipinski definition) is 3. The quantitative estimate of drug-likeness (QED) is 0.646. The van der Waals surface area contributed by atoms with Gasteiger partial charge in [-0.15, -0.1) is 11.3 Å². The van der Waals surface area contributed by atoms with Crippen molar-refractivity contribution in [3.05, 3.63) is 61.4 Å². The second-order valence-corrected chi connectivity index (χ2v) is 8.20. The highest BCUT2D eigenvalue weighted by Crippen LogP contribution is 2.39. The lowest BCUT2D eigenvalue weighted by Crippen LogP contribution is -2.18. The van der Waals surface area contributed by atoms with Gasteiger partial charge in [-0.3, -0.25) is 4.98 Å². The van der Waals surface area contributed by atoms with E-state index in [4.69, 9.17) is 0 Å². The highest BCUT2D eigenvalue weighted by molar-refractivity contribution is 9.12. The number of halogens is 2. The molecule has 0 bridgehead atoms. The molecule has 0 amide bonds. The largest absolute Gasteiger partial charge is 0.309 e. The maximum absolute atomic E-state index is 4.38. The van der Waals surface area contributed by atoms with Crippen LogP contribution in [0.3, 0.4) is 0 Å². The number of nitrogens with one attached hydrogen (secondary N) is 1. The first-order chi connectivity index (χ1) is 9.70. The summed E-state index contributed by atoms with van der Waals surface area (Å²) in [6.07, 6.45) is 3.85. The Kier molecular flexibility index (Phi) is 4.21. The van der Waals surface area contributed by atoms with E-state index in [1.165, 1.54) is 16.5 Å². The fraction of sp³-hybridized carbons (Fsp3) is 0.133. The van der Waals surface area contributed by atoms with Crippen LogP contribution in [0.2, 0.25) is 0 Å². The highest BCUT2D eigenvalue weighted by atomic mass is 79.9. The van der Waals surface area contributed by atoms with Gasteiger partial charge in [0.1, 0.15) is 0 Å². The molecule has 0 saturated carbocycles. The normalized spacial score (nSPS) is 12.8. The van der Waals surface area contributed by atoms with Crippen LogP contribution in [0.4, 0.5) is 0 Å². The lowest BCUT2D eigenvalue weighted by atomic mass is 9.98. The van der Waals surface area contributed by atoms with Crippen molar-refractivity contribution in [2.45, 2.75) is 6.04 Å². The van der Waals surface area contributed by atoms with Crippen molar-refractivity contribution in [2.75, 3.05) is 7.05 Å². The lowest BCUT2D eigenvalue weighted by molar-refractivity contribution is 0.694. The van der Waals surface area contributed by atoms with Crippen LogP contribution in [0.15, 0.2) is 50.3 Å². The van der Waals surface area contributed by atoms with Crippen LogP contribution < -0.4 is 5.32 Å². The van der Waals surface area contributed by atoms with Gasteiger partial charge < -0.3 is 5.32 Å². The molecule has 3 aromatic rings. The van der Waals surface area contributed by atoms with Gasteiger partial charge in [0.25, 0.3) is 0 Å². The van der Waals surface area contributed by atoms with E-state index < -0.39 is 0 Å². The van der Waals surface area contributed by atoms with Gasteiger partial charge >= 0.3 is 0 Å². The average molecular weight is 412 g/mol. The summed E-state index contributed by atoms with van der Waals surface area (Å²) in [7, 11) is 1.98. The number of rotatable bonds is 3. The molecule has 0 aliphatic carbocycles. The zero-order valence-corrected chi connectivity index (χ0v) is 14.7. The van der Waals surface area contributed by atoms with Crippen molar-refractivity contribution in [3.63, 3.8) is 0 Å². The van der Waals surface area contributed by atoms with Crippen molar-refractivity contribution in [1.29, 1.82) is 0 Å². The Balaban J connectivity index is 2.19. The zero-order valence-electron chi connectivity index (χ0n) is 10.7. The molecule has 2 heterocycles. The maximum atomic E-state index is 4.38. The maximum Gasteiger partial charge on any atom is 0.0761 e. The van der Waals surface area contributed by atoms with Crippen LogP contribution in [0.5, 0.6) is 0 Å². The second kappa shape index (κ2) is 5.93. The number of thiophene rings is 1. The molecule has 1 unspecified atom stereocenters. The van der Waals surface area contributed by atoms with Crippen molar-refractivity contribution < 1.29 is 0 Å². The van der Waals surface area contributed by atoms with Crippen LogP contribution in [0, 0.1) is 0 Å². The molecule has 3 rings (SSSR count). The van der Waals surface area contributed by atoms with E-state index in [0.717, 1.165) is 13.0 Å². The van der Waals surface area contributed by atoms with Crippen molar-refractivity contribution in [2.24, 2.45) is 0 Å². The number of benzene rings is 1. The lowest BCUT2D eigenvalue weighted by Gasteiger charge is -2.18. The predicted octanol–water partition coefficient (Wildman–Crippen LogP) is 5.13. The minimum Gasteiger partial charge on any atom is -0.309 e. The van der Waals surface area contributed by atoms with E-state index in [1.54, 1.807) is 11.3 Å². The molecule has 2 nitrogen and oxygen atoms in total. The average Bonchev–Trinajstić information content (AvgIpc) is 2.79. The minimum absolute atomic E-state index is 0.116. The summed E-state index contributed by atoms with van der Waals surface area (Å²) < 4.78 is 2.25. The number of pyridine rings is 1. The molecule has 1 aromatic carbocycles. The highest BCUT2D eigenvalue weighted by Gasteiger charge is 2.19. The Bertz CT molecular complexity index is 749. The van der Waals surface area contributed by atoms with Crippen LogP contribution in [0.25, 0.3) is 10.8 Å². The molecule has 0 aliphatic rings. The van der Waals surface area contributed by atoms with Gasteiger partial charge in [0.2, 0.25) is 0 Å². The molecule has 0 spiro atoms. The van der Waals surface area contributed by atoms with Crippen molar-refractivity contribution >= 4 is 54.0 Å². The van der Waals surface area contributed by atoms with E-state index in [-0.39, 0.29) is 6.04 Å². The first-order valence-electron chi connectivity index (χ1n) is 6.15. The molecule has 0 radical (unpaired) electrons. The summed E-state index contributed by atoms with van der Waals surface area (Å²) >= 11 is 8.88. The molecule has 102 valence electrons. The summed E-state index contributed by atoms with van der Waals surface area (Å²) in [5.74, 6) is 0. The fourth-order valence-corrected chi connectivity index (χ4v) is 5.30. The SMILES string of the molecule is CNC(c1cc(Br)sc1Br)c1cncc2ccccc12. The Labute approximate surface area is 138 Å². The van der Waals surface area contributed by atoms with E-state index in [9.17, 15) is 0 Å². The van der Waals surface area contributed by atoms with E-state index in [2.05, 4.69) is 66.4 Å². The molecular weight excluding hydrogens is 400 g/mol. The summed E-state index contributed by atoms with van der Waals surface area (Å²) in [6, 6.07) is 10.6. The van der Waals surface area contributed by atoms with Gasteiger partial charge in [0, 0.05) is 17.8 Å². The molecule has 0 saturated heterocycles. The molecule has 1 atom stereocenters. The summed E-state index contributed by atoms with van der Waals surface area (Å²) in [6.45, 7) is 0. The van der Waals surface area contributed by atoms with Crippen molar-refractivity contribution in [1.82, 2.24) is 10.3 Å². The van der Waals surface area contributed by atoms with Crippen molar-refractivity contribution in [3.8, 4) is 0 Å². The third-order valence-electron chi connectivity index (χ3n) is 3.29. The van der Waals surface area contributed by atoms with E-state index >= 15 is 0 Å². The monoisotopic (exact) mass is 410 g/mol. The number of aromatic nitrogens is 1. The smallest absolute Gasteiger partial charge is 0.0761 e. The molecule has 0 fully saturated rings. The van der Waals surface area contributed by atoms with Gasteiger partial charge in [0.15, 0.2) is 0 Å². The number of hydrogen-bond donors (Lipinski definition) is 1. The summed E-state index contributed by atoms with van der Waals surface area (Å²) in [4.78, 5) is 4.38. The Morgan fingerprint density at radius 3 is 2.65 bits per heavy atom. The molecule has 2 aromatic heterocycles. The summed E-state index contributed by atoms with van der Waals surface area (Å²) in [5, 5.41) is 5.79.